The van der Waals surface area contributed by atoms with Crippen LogP contribution in [0.15, 0.2) is 83.3 Å². The Hall–Kier alpha value is -2.96. The minimum Gasteiger partial charge on any atom is -0.744 e. The van der Waals surface area contributed by atoms with Gasteiger partial charge in [0.15, 0.2) is 5.71 Å². The van der Waals surface area contributed by atoms with Crippen LogP contribution in [0.5, 0.6) is 0 Å². The first-order valence-corrected chi connectivity index (χ1v) is 11.7. The van der Waals surface area contributed by atoms with E-state index in [9.17, 15) is 13.0 Å². The summed E-state index contributed by atoms with van der Waals surface area (Å²) in [5, 5.41) is 0. The Kier molecular flexibility index (Phi) is 6.93. The minimum atomic E-state index is -4.63. The molecule has 0 saturated heterocycles. The highest BCUT2D eigenvalue weighted by Crippen LogP contribution is 2.34. The van der Waals surface area contributed by atoms with Gasteiger partial charge in [-0.25, -0.2) is 13.0 Å². The summed E-state index contributed by atoms with van der Waals surface area (Å²) in [7, 11) is -0.601. The number of anilines is 1. The van der Waals surface area contributed by atoms with Crippen molar-refractivity contribution in [2.45, 2.75) is 18.7 Å². The van der Waals surface area contributed by atoms with Crippen LogP contribution in [0, 0.1) is 0 Å². The van der Waals surface area contributed by atoms with Crippen molar-refractivity contribution < 1.29 is 17.5 Å². The first kappa shape index (κ1) is 22.7. The molecule has 0 N–H and O–H groups in total. The molecule has 1 aliphatic carbocycles. The topological polar surface area (TPSA) is 63.5 Å². The van der Waals surface area contributed by atoms with Crippen molar-refractivity contribution in [2.75, 3.05) is 32.1 Å². The van der Waals surface area contributed by atoms with E-state index in [2.05, 4.69) is 23.3 Å². The van der Waals surface area contributed by atoms with Crippen LogP contribution in [-0.2, 0) is 10.1 Å². The molecule has 0 unspecified atom stereocenters. The molecule has 162 valence electrons. The smallest absolute Gasteiger partial charge is 0.199 e. The lowest BCUT2D eigenvalue weighted by Crippen LogP contribution is -2.15. The van der Waals surface area contributed by atoms with Crippen molar-refractivity contribution in [1.29, 1.82) is 0 Å². The quantitative estimate of drug-likeness (QED) is 0.506. The zero-order valence-corrected chi connectivity index (χ0v) is 19.2. The third-order valence-corrected chi connectivity index (χ3v) is 6.46. The molecular weight excluding hydrogens is 408 g/mol. The van der Waals surface area contributed by atoms with Gasteiger partial charge in [-0.15, -0.1) is 0 Å². The lowest BCUT2D eigenvalue weighted by atomic mass is 9.90. The van der Waals surface area contributed by atoms with E-state index in [0.717, 1.165) is 35.6 Å². The summed E-state index contributed by atoms with van der Waals surface area (Å²) in [4.78, 5) is 1.91. The summed E-state index contributed by atoms with van der Waals surface area (Å²) in [5.41, 5.74) is 4.95. The van der Waals surface area contributed by atoms with Crippen LogP contribution < -0.4 is 4.90 Å². The lowest BCUT2D eigenvalue weighted by Gasteiger charge is -2.20. The van der Waals surface area contributed by atoms with Gasteiger partial charge in [-0.1, -0.05) is 30.3 Å². The molecule has 0 spiro atoms. The van der Waals surface area contributed by atoms with Crippen molar-refractivity contribution in [2.24, 2.45) is 0 Å². The highest BCUT2D eigenvalue weighted by Gasteiger charge is 2.18. The third-order valence-electron chi connectivity index (χ3n) is 5.57. The second-order valence-corrected chi connectivity index (χ2v) is 8.80. The monoisotopic (exact) mass is 436 g/mol. The molecule has 0 heterocycles. The predicted octanol–water partition coefficient (Wildman–Crippen LogP) is 4.08. The minimum absolute atomic E-state index is 0.213. The van der Waals surface area contributed by atoms with E-state index in [1.165, 1.54) is 6.07 Å². The molecular formula is C25H28N2O3S. The van der Waals surface area contributed by atoms with Crippen LogP contribution in [0.4, 0.5) is 5.69 Å². The fourth-order valence-electron chi connectivity index (χ4n) is 3.50. The third kappa shape index (κ3) is 5.03. The Morgan fingerprint density at radius 3 is 2.13 bits per heavy atom. The van der Waals surface area contributed by atoms with Crippen molar-refractivity contribution in [3.05, 3.63) is 89.5 Å². The van der Waals surface area contributed by atoms with E-state index in [1.54, 1.807) is 18.2 Å². The molecule has 0 radical (unpaired) electrons. The maximum Gasteiger partial charge on any atom is 0.199 e. The van der Waals surface area contributed by atoms with Gasteiger partial charge in [0.05, 0.1) is 4.90 Å². The molecule has 0 atom stereocenters. The van der Waals surface area contributed by atoms with Gasteiger partial charge in [0.2, 0.25) is 0 Å². The van der Waals surface area contributed by atoms with E-state index in [-0.39, 0.29) is 4.90 Å². The Morgan fingerprint density at radius 1 is 0.968 bits per heavy atom. The van der Waals surface area contributed by atoms with E-state index in [1.807, 2.05) is 62.7 Å². The predicted molar refractivity (Wildman–Crippen MR) is 126 cm³/mol. The van der Waals surface area contributed by atoms with Crippen molar-refractivity contribution >= 4 is 27.1 Å². The van der Waals surface area contributed by atoms with Crippen LogP contribution in [0.25, 0.3) is 5.57 Å². The van der Waals surface area contributed by atoms with Crippen LogP contribution in [0.1, 0.15) is 25.0 Å². The van der Waals surface area contributed by atoms with Gasteiger partial charge in [-0.3, -0.25) is 0 Å². The molecule has 2 aromatic carbocycles. The number of hydrogen-bond acceptors (Lipinski definition) is 4. The molecule has 0 fully saturated rings. The molecule has 0 bridgehead atoms. The molecule has 0 saturated carbocycles. The van der Waals surface area contributed by atoms with Gasteiger partial charge in [0.1, 0.15) is 23.7 Å². The van der Waals surface area contributed by atoms with Crippen molar-refractivity contribution in [3.8, 4) is 0 Å². The molecule has 5 nitrogen and oxygen atoms in total. The standard InChI is InChI=1S/C25H28N2O3S/c1-5-26(3)21-15-11-19(12-16-21)25(20-13-17-22(18-14-20)27(4)6-2)23-9-7-8-10-24(23)31(28,29)30/h7-18H,5-6H2,1-4H3. The lowest BCUT2D eigenvalue weighted by molar-refractivity contribution is -0.491. The Morgan fingerprint density at radius 2 is 1.58 bits per heavy atom. The number of nitrogens with zero attached hydrogens (tertiary/aromatic N) is 2. The van der Waals surface area contributed by atoms with Gasteiger partial charge < -0.3 is 9.45 Å². The van der Waals surface area contributed by atoms with E-state index >= 15 is 0 Å². The fraction of sp³-hybridized carbons (Fsp3) is 0.240. The Bertz CT molecular complexity index is 1170. The normalized spacial score (nSPS) is 13.5. The molecule has 31 heavy (non-hydrogen) atoms. The summed E-state index contributed by atoms with van der Waals surface area (Å²) < 4.78 is 38.1. The van der Waals surface area contributed by atoms with Crippen molar-refractivity contribution in [3.63, 3.8) is 0 Å². The summed E-state index contributed by atoms with van der Waals surface area (Å²) in [6, 6.07) is 14.3. The summed E-state index contributed by atoms with van der Waals surface area (Å²) in [6.45, 7) is 5.91. The number of allylic oxidation sites excluding steroid dienone is 5. The zero-order chi connectivity index (χ0) is 22.6. The van der Waals surface area contributed by atoms with Gasteiger partial charge in [0.25, 0.3) is 0 Å². The second-order valence-electron chi connectivity index (χ2n) is 7.45. The Balaban J connectivity index is 2.24. The maximum atomic E-state index is 12.0. The van der Waals surface area contributed by atoms with E-state index in [4.69, 9.17) is 0 Å². The molecule has 3 rings (SSSR count). The number of benzene rings is 2. The van der Waals surface area contributed by atoms with Gasteiger partial charge in [-0.05, 0) is 60.9 Å². The molecule has 0 amide bonds. The molecule has 6 heteroatoms. The van der Waals surface area contributed by atoms with Crippen LogP contribution in [0.3, 0.4) is 0 Å². The second kappa shape index (κ2) is 9.45. The first-order valence-electron chi connectivity index (χ1n) is 10.3. The summed E-state index contributed by atoms with van der Waals surface area (Å²) in [6.07, 6.45) is 7.95. The van der Waals surface area contributed by atoms with Crippen LogP contribution in [-0.4, -0.2) is 50.4 Å². The average Bonchev–Trinajstić information content (AvgIpc) is 2.79. The van der Waals surface area contributed by atoms with Gasteiger partial charge >= 0.3 is 0 Å². The van der Waals surface area contributed by atoms with E-state index in [0.29, 0.717) is 11.1 Å². The fourth-order valence-corrected chi connectivity index (χ4v) is 4.18. The molecule has 1 aliphatic rings. The summed E-state index contributed by atoms with van der Waals surface area (Å²) >= 11 is 0. The van der Waals surface area contributed by atoms with Crippen LogP contribution >= 0.6 is 0 Å². The van der Waals surface area contributed by atoms with Crippen LogP contribution in [0.2, 0.25) is 0 Å². The number of hydrogen-bond donors (Lipinski definition) is 0. The highest BCUT2D eigenvalue weighted by atomic mass is 32.2. The zero-order valence-electron chi connectivity index (χ0n) is 18.4. The highest BCUT2D eigenvalue weighted by molar-refractivity contribution is 7.85. The number of rotatable bonds is 6. The SMILES string of the molecule is CCN(C)c1ccc(C(=C2C=CC(=[N+](C)CC)C=C2)c2ccccc2S(=O)(=O)[O-])cc1. The molecule has 2 aromatic rings. The first-order chi connectivity index (χ1) is 14.8. The summed E-state index contributed by atoms with van der Waals surface area (Å²) in [5.74, 6) is 0. The average molecular weight is 437 g/mol. The van der Waals surface area contributed by atoms with E-state index < -0.39 is 10.1 Å². The van der Waals surface area contributed by atoms with Crippen molar-refractivity contribution in [1.82, 2.24) is 0 Å². The maximum absolute atomic E-state index is 12.0. The van der Waals surface area contributed by atoms with Gasteiger partial charge in [0, 0.05) is 37.0 Å². The largest absolute Gasteiger partial charge is 0.744 e. The van der Waals surface area contributed by atoms with Gasteiger partial charge in [-0.2, -0.15) is 0 Å². The Labute approximate surface area is 185 Å². The molecule has 0 aromatic heterocycles. The molecule has 0 aliphatic heterocycles.